The van der Waals surface area contributed by atoms with Gasteiger partial charge in [0.1, 0.15) is 0 Å². The second kappa shape index (κ2) is 31.9. The van der Waals surface area contributed by atoms with Gasteiger partial charge in [-0.15, -0.1) is 22.7 Å². The average molecular weight is 1730 g/mol. The van der Waals surface area contributed by atoms with Crippen LogP contribution < -0.4 is 9.80 Å². The molecule has 0 unspecified atom stereocenters. The van der Waals surface area contributed by atoms with Crippen molar-refractivity contribution in [3.05, 3.63) is 520 Å². The summed E-state index contributed by atoms with van der Waals surface area (Å²) >= 11 is 3.79. The molecule has 0 bridgehead atoms. The van der Waals surface area contributed by atoms with Crippen molar-refractivity contribution in [3.8, 4) is 100 Å². The van der Waals surface area contributed by atoms with Crippen LogP contribution in [0.1, 0.15) is 22.3 Å². The molecular formula is C127H82N4S2. The van der Waals surface area contributed by atoms with Gasteiger partial charge in [0.15, 0.2) is 0 Å². The van der Waals surface area contributed by atoms with E-state index in [-0.39, 0.29) is 0 Å². The molecule has 0 N–H and O–H groups in total. The number of benzene rings is 21. The molecule has 0 saturated carbocycles. The van der Waals surface area contributed by atoms with Crippen molar-refractivity contribution in [2.24, 2.45) is 0 Å². The van der Waals surface area contributed by atoms with Crippen LogP contribution in [0, 0.1) is 0 Å². The summed E-state index contributed by atoms with van der Waals surface area (Å²) in [6, 6.07) is 183. The quantitative estimate of drug-likeness (QED) is 0.108. The minimum atomic E-state index is -0.457. The monoisotopic (exact) mass is 1730 g/mol. The summed E-state index contributed by atoms with van der Waals surface area (Å²) in [7, 11) is 0. The maximum Gasteiger partial charge on any atom is 0.0726 e. The van der Waals surface area contributed by atoms with E-state index in [1.165, 1.54) is 195 Å². The smallest absolute Gasteiger partial charge is 0.0726 e. The Kier molecular flexibility index (Phi) is 18.6. The van der Waals surface area contributed by atoms with Gasteiger partial charge in [-0.3, -0.25) is 0 Å². The van der Waals surface area contributed by atoms with E-state index < -0.39 is 5.41 Å². The zero-order valence-electron chi connectivity index (χ0n) is 72.4. The minimum Gasteiger partial charge on any atom is -0.310 e. The Morgan fingerprint density at radius 1 is 0.180 bits per heavy atom. The van der Waals surface area contributed by atoms with Crippen molar-refractivity contribution in [1.82, 2.24) is 9.13 Å². The molecule has 2 aliphatic rings. The molecule has 2 aliphatic carbocycles. The fourth-order valence-electron chi connectivity index (χ4n) is 21.7. The Bertz CT molecular complexity index is 8690. The first-order valence-corrected chi connectivity index (χ1v) is 47.3. The van der Waals surface area contributed by atoms with E-state index in [2.05, 4.69) is 516 Å². The molecule has 1 spiro atoms. The molecule has 0 fully saturated rings. The highest BCUT2D eigenvalue weighted by atomic mass is 32.1. The van der Waals surface area contributed by atoms with Gasteiger partial charge in [-0.25, -0.2) is 0 Å². The van der Waals surface area contributed by atoms with E-state index in [1.54, 1.807) is 0 Å². The van der Waals surface area contributed by atoms with E-state index in [9.17, 15) is 0 Å². The summed E-state index contributed by atoms with van der Waals surface area (Å²) in [4.78, 5) is 4.86. The molecule has 0 amide bonds. The van der Waals surface area contributed by atoms with Crippen LogP contribution in [0.15, 0.2) is 497 Å². The molecule has 25 aromatic rings. The maximum atomic E-state index is 2.50. The van der Waals surface area contributed by atoms with Gasteiger partial charge in [-0.2, -0.15) is 0 Å². The van der Waals surface area contributed by atoms with Crippen LogP contribution in [0.4, 0.5) is 34.1 Å². The van der Waals surface area contributed by atoms with Crippen molar-refractivity contribution in [1.29, 1.82) is 0 Å². The van der Waals surface area contributed by atoms with Crippen LogP contribution in [0.25, 0.3) is 184 Å². The molecule has 0 radical (unpaired) electrons. The number of hydrogen-bond donors (Lipinski definition) is 0. The molecule has 4 heterocycles. The normalized spacial score (nSPS) is 12.3. The van der Waals surface area contributed by atoms with Crippen molar-refractivity contribution in [2.75, 3.05) is 9.80 Å². The molecule has 21 aromatic carbocycles. The summed E-state index contributed by atoms with van der Waals surface area (Å²) in [5, 5.41) is 10.2. The van der Waals surface area contributed by atoms with Gasteiger partial charge in [0.25, 0.3) is 0 Å². The summed E-state index contributed by atoms with van der Waals surface area (Å²) in [6.07, 6.45) is 0. The van der Waals surface area contributed by atoms with Crippen LogP contribution in [0.2, 0.25) is 0 Å². The SMILES string of the molecule is c1ccc(-c2ccc(N(c3ccc(-c4ccccc4)cc3)c3cccc(-c4cc5c6ccccc6n(-c6ccc(-c7ccccc7)cc6)c5c5c4sc4ccccc45)c3)cc2)cc1.c1ccc(-c2ccc(N(c3cccc(-c4cc5c6ccccc6n(-c6ccccc6)c5c5c4sc4ccccc45)c3)c3ccc4c(c3)C3(c5ccccc5-c5ccccc53)c3ccccc3-4)cc2)cc1. The summed E-state index contributed by atoms with van der Waals surface area (Å²) in [5.41, 5.74) is 38.4. The van der Waals surface area contributed by atoms with Gasteiger partial charge in [0, 0.05) is 119 Å². The van der Waals surface area contributed by atoms with Gasteiger partial charge >= 0.3 is 0 Å². The number of rotatable bonds is 14. The highest BCUT2D eigenvalue weighted by Gasteiger charge is 2.52. The molecule has 0 aliphatic heterocycles. The van der Waals surface area contributed by atoms with E-state index in [1.807, 2.05) is 22.7 Å². The lowest BCUT2D eigenvalue weighted by Crippen LogP contribution is -2.26. The molecular weight excluding hydrogens is 1650 g/mol. The Hall–Kier alpha value is -16.7. The largest absolute Gasteiger partial charge is 0.310 e. The Morgan fingerprint density at radius 2 is 0.474 bits per heavy atom. The third kappa shape index (κ3) is 12.7. The molecule has 27 rings (SSSR count). The predicted molar refractivity (Wildman–Crippen MR) is 566 cm³/mol. The second-order valence-corrected chi connectivity index (χ2v) is 36.9. The number of aromatic nitrogens is 2. The maximum absolute atomic E-state index is 2.50. The fourth-order valence-corrected chi connectivity index (χ4v) is 24.2. The second-order valence-electron chi connectivity index (χ2n) is 34.8. The average Bonchev–Trinajstić information content (AvgIpc) is 1.52. The standard InChI is InChI=1S/C67H42N2S.C60H40N2S/c1-3-18-43(19-4-1)44-34-36-47(37-35-44)68(49-38-39-53-52-26-9-14-31-60(52)67(61(53)41-49)58-29-12-7-24-50(58)51-25-8-13-30-59(51)67)48-23-17-20-45(40-48)56-42-57-54-27-10-15-32-62(54)69(46-21-5-2-6-22-46)65(57)64-55-28-11-16-33-63(55)70-66(56)64;1-4-15-41(16-5-1)44-27-33-48(34-28-44)61(49-35-29-45(30-36-49)42-17-6-2-7-18-42)51-22-14-21-47(39-51)54-40-55-52-23-10-12-25-56(52)62(50-37-31-46(32-38-50)43-19-8-3-9-20-43)59(55)58-53-24-11-13-26-57(53)63-60(54)58/h1-42H;1-40H. The highest BCUT2D eigenvalue weighted by molar-refractivity contribution is 7.27. The molecule has 6 heteroatoms. The van der Waals surface area contributed by atoms with E-state index in [0.29, 0.717) is 0 Å². The number of fused-ring (bicyclic) bond motifs is 24. The first-order chi connectivity index (χ1) is 66.0. The zero-order valence-corrected chi connectivity index (χ0v) is 74.1. The van der Waals surface area contributed by atoms with Crippen LogP contribution in [-0.2, 0) is 5.41 Å². The third-order valence-corrected chi connectivity index (χ3v) is 30.0. The van der Waals surface area contributed by atoms with Gasteiger partial charge < -0.3 is 18.9 Å². The Balaban J connectivity index is 0.000000140. The number of thiophene rings is 2. The molecule has 133 heavy (non-hydrogen) atoms. The molecule has 4 nitrogen and oxygen atoms in total. The Labute approximate surface area is 779 Å². The van der Waals surface area contributed by atoms with Crippen molar-refractivity contribution < 1.29 is 0 Å². The summed E-state index contributed by atoms with van der Waals surface area (Å²) in [6.45, 7) is 0. The third-order valence-electron chi connectivity index (χ3n) is 27.6. The first-order valence-electron chi connectivity index (χ1n) is 45.7. The fraction of sp³-hybridized carbons (Fsp3) is 0.00787. The topological polar surface area (TPSA) is 16.3 Å². The molecule has 0 saturated heterocycles. The van der Waals surface area contributed by atoms with Crippen LogP contribution >= 0.6 is 22.7 Å². The van der Waals surface area contributed by atoms with Crippen LogP contribution in [-0.4, -0.2) is 9.13 Å². The number of anilines is 6. The summed E-state index contributed by atoms with van der Waals surface area (Å²) < 4.78 is 10.1. The minimum absolute atomic E-state index is 0.457. The van der Waals surface area contributed by atoms with Crippen LogP contribution in [0.5, 0.6) is 0 Å². The van der Waals surface area contributed by atoms with Crippen molar-refractivity contribution >= 4 is 141 Å². The Morgan fingerprint density at radius 3 is 0.880 bits per heavy atom. The van der Waals surface area contributed by atoms with Crippen molar-refractivity contribution in [3.63, 3.8) is 0 Å². The lowest BCUT2D eigenvalue weighted by Gasteiger charge is -2.32. The van der Waals surface area contributed by atoms with Gasteiger partial charge in [0.05, 0.1) is 27.5 Å². The van der Waals surface area contributed by atoms with E-state index in [4.69, 9.17) is 0 Å². The zero-order chi connectivity index (χ0) is 87.6. The molecule has 622 valence electrons. The number of para-hydroxylation sites is 3. The lowest BCUT2D eigenvalue weighted by atomic mass is 9.70. The molecule has 4 aromatic heterocycles. The van der Waals surface area contributed by atoms with Crippen molar-refractivity contribution in [2.45, 2.75) is 5.41 Å². The lowest BCUT2D eigenvalue weighted by molar-refractivity contribution is 0.793. The first kappa shape index (κ1) is 77.4. The highest BCUT2D eigenvalue weighted by Crippen LogP contribution is 2.64. The van der Waals surface area contributed by atoms with Gasteiger partial charge in [-0.1, -0.05) is 364 Å². The predicted octanol–water partition coefficient (Wildman–Crippen LogP) is 35.6. The van der Waals surface area contributed by atoms with Crippen LogP contribution in [0.3, 0.4) is 0 Å². The van der Waals surface area contributed by atoms with E-state index in [0.717, 1.165) is 45.5 Å². The van der Waals surface area contributed by atoms with E-state index >= 15 is 0 Å². The molecule has 0 atom stereocenters. The van der Waals surface area contributed by atoms with Gasteiger partial charge in [-0.05, 0) is 234 Å². The number of hydrogen-bond acceptors (Lipinski definition) is 4. The number of nitrogens with zero attached hydrogens (tertiary/aromatic N) is 4. The summed E-state index contributed by atoms with van der Waals surface area (Å²) in [5.74, 6) is 0. The van der Waals surface area contributed by atoms with Gasteiger partial charge in [0.2, 0.25) is 0 Å².